The molecule has 13 heavy (non-hydrogen) atoms. The van der Waals surface area contributed by atoms with Crippen LogP contribution in [0.4, 0.5) is 0 Å². The van der Waals surface area contributed by atoms with E-state index in [4.69, 9.17) is 0 Å². The molecular weight excluding hydrogens is 164 g/mol. The molecule has 0 heterocycles. The minimum Gasteiger partial charge on any atom is -0.393 e. The lowest BCUT2D eigenvalue weighted by Gasteiger charge is -2.19. The first-order valence-electron chi connectivity index (χ1n) is 4.87. The molecule has 0 bridgehead atoms. The molecule has 0 aliphatic rings. The van der Waals surface area contributed by atoms with Gasteiger partial charge in [0, 0.05) is 5.92 Å². The van der Waals surface area contributed by atoms with Gasteiger partial charge in [0.2, 0.25) is 0 Å². The molecule has 0 rings (SSSR count). The van der Waals surface area contributed by atoms with Gasteiger partial charge in [-0.05, 0) is 24.8 Å². The van der Waals surface area contributed by atoms with E-state index >= 15 is 0 Å². The maximum absolute atomic E-state index is 11.2. The Kier molecular flexibility index (Phi) is 5.63. The third-order valence-corrected chi connectivity index (χ3v) is 2.49. The predicted molar refractivity (Wildman–Crippen MR) is 54.4 cm³/mol. The molecule has 0 aliphatic heterocycles. The zero-order valence-electron chi connectivity index (χ0n) is 8.79. The average molecular weight is 184 g/mol. The summed E-state index contributed by atoms with van der Waals surface area (Å²) in [5.41, 5.74) is 0. The van der Waals surface area contributed by atoms with Crippen LogP contribution in [0.3, 0.4) is 0 Å². The first-order valence-corrected chi connectivity index (χ1v) is 4.87. The van der Waals surface area contributed by atoms with Crippen molar-refractivity contribution in [2.24, 2.45) is 11.8 Å². The van der Waals surface area contributed by atoms with Gasteiger partial charge < -0.3 is 5.11 Å². The molecule has 0 unspecified atom stereocenters. The summed E-state index contributed by atoms with van der Waals surface area (Å²) in [6.45, 7) is 9.24. The molecule has 76 valence electrons. The zero-order chi connectivity index (χ0) is 10.4. The van der Waals surface area contributed by atoms with Crippen molar-refractivity contribution in [3.63, 3.8) is 0 Å². The molecule has 0 aliphatic carbocycles. The molecule has 2 nitrogen and oxygen atoms in total. The van der Waals surface area contributed by atoms with Gasteiger partial charge in [0.05, 0.1) is 6.10 Å². The second-order valence-electron chi connectivity index (χ2n) is 3.70. The summed E-state index contributed by atoms with van der Waals surface area (Å²) in [4.78, 5) is 11.2. The topological polar surface area (TPSA) is 37.3 Å². The maximum atomic E-state index is 11.2. The first-order chi connectivity index (χ1) is 6.02. The number of hydrogen-bond donors (Lipinski definition) is 1. The zero-order valence-corrected chi connectivity index (χ0v) is 8.79. The van der Waals surface area contributed by atoms with Crippen LogP contribution >= 0.6 is 0 Å². The maximum Gasteiger partial charge on any atom is 0.157 e. The first kappa shape index (κ1) is 12.4. The molecule has 0 aromatic heterocycles. The van der Waals surface area contributed by atoms with E-state index in [0.717, 1.165) is 12.8 Å². The highest BCUT2D eigenvalue weighted by Gasteiger charge is 2.18. The number of carbonyl (C=O) groups is 1. The van der Waals surface area contributed by atoms with Crippen molar-refractivity contribution < 1.29 is 9.90 Å². The van der Waals surface area contributed by atoms with Crippen LogP contribution in [-0.2, 0) is 4.79 Å². The van der Waals surface area contributed by atoms with E-state index in [9.17, 15) is 9.90 Å². The summed E-state index contributed by atoms with van der Waals surface area (Å²) >= 11 is 0. The van der Waals surface area contributed by atoms with Gasteiger partial charge in [-0.25, -0.2) is 0 Å². The fourth-order valence-corrected chi connectivity index (χ4v) is 1.43. The second-order valence-corrected chi connectivity index (χ2v) is 3.70. The Labute approximate surface area is 80.7 Å². The summed E-state index contributed by atoms with van der Waals surface area (Å²) in [5.74, 6) is 0.229. The molecule has 0 radical (unpaired) electrons. The molecule has 0 aromatic carbocycles. The summed E-state index contributed by atoms with van der Waals surface area (Å²) < 4.78 is 0. The van der Waals surface area contributed by atoms with Crippen molar-refractivity contribution in [1.29, 1.82) is 0 Å². The van der Waals surface area contributed by atoms with Crippen molar-refractivity contribution >= 4 is 5.78 Å². The number of aliphatic hydroxyl groups excluding tert-OH is 1. The van der Waals surface area contributed by atoms with E-state index in [1.165, 1.54) is 6.08 Å². The molecule has 3 atom stereocenters. The Bertz CT molecular complexity index is 175. The molecule has 0 spiro atoms. The smallest absolute Gasteiger partial charge is 0.157 e. The molecule has 1 N–H and O–H groups in total. The van der Waals surface area contributed by atoms with Crippen molar-refractivity contribution in [3.05, 3.63) is 12.7 Å². The molecule has 0 amide bonds. The van der Waals surface area contributed by atoms with Crippen LogP contribution in [0.25, 0.3) is 0 Å². The van der Waals surface area contributed by atoms with Crippen LogP contribution in [0.5, 0.6) is 0 Å². The minimum absolute atomic E-state index is 0.0197. The van der Waals surface area contributed by atoms with E-state index in [2.05, 4.69) is 6.58 Å². The van der Waals surface area contributed by atoms with E-state index in [-0.39, 0.29) is 23.7 Å². The van der Waals surface area contributed by atoms with Crippen LogP contribution in [0, 0.1) is 11.8 Å². The van der Waals surface area contributed by atoms with Gasteiger partial charge in [-0.15, -0.1) is 0 Å². The largest absolute Gasteiger partial charge is 0.393 e. The van der Waals surface area contributed by atoms with Gasteiger partial charge >= 0.3 is 0 Å². The summed E-state index contributed by atoms with van der Waals surface area (Å²) in [5, 5.41) is 9.49. The Morgan fingerprint density at radius 1 is 1.54 bits per heavy atom. The molecule has 2 heteroatoms. The van der Waals surface area contributed by atoms with E-state index in [0.29, 0.717) is 0 Å². The van der Waals surface area contributed by atoms with Crippen molar-refractivity contribution in [1.82, 2.24) is 0 Å². The standard InChI is InChI=1S/C11H20O2/c1-5-10(12)8(3)7-9(4)11(13)6-2/h5,8-9,11,13H,1,6-7H2,2-4H3/t8-,9+,11+/m1/s1. The van der Waals surface area contributed by atoms with Crippen LogP contribution in [0.15, 0.2) is 12.7 Å². The average Bonchev–Trinajstić information content (AvgIpc) is 2.14. The summed E-state index contributed by atoms with van der Waals surface area (Å²) in [7, 11) is 0. The Balaban J connectivity index is 3.97. The van der Waals surface area contributed by atoms with Gasteiger partial charge in [-0.3, -0.25) is 4.79 Å². The molecule has 0 aromatic rings. The van der Waals surface area contributed by atoms with Crippen molar-refractivity contribution in [2.75, 3.05) is 0 Å². The highest BCUT2D eigenvalue weighted by Crippen LogP contribution is 2.18. The van der Waals surface area contributed by atoms with Gasteiger partial charge in [-0.1, -0.05) is 27.4 Å². The fourth-order valence-electron chi connectivity index (χ4n) is 1.43. The van der Waals surface area contributed by atoms with E-state index in [1.807, 2.05) is 20.8 Å². The fraction of sp³-hybridized carbons (Fsp3) is 0.727. The van der Waals surface area contributed by atoms with Gasteiger partial charge in [0.25, 0.3) is 0 Å². The highest BCUT2D eigenvalue weighted by molar-refractivity contribution is 5.90. The Morgan fingerprint density at radius 3 is 2.46 bits per heavy atom. The lowest BCUT2D eigenvalue weighted by molar-refractivity contribution is -0.118. The SMILES string of the molecule is C=CC(=O)[C@H](C)C[C@H](C)[C@@H](O)CC. The summed E-state index contributed by atoms with van der Waals surface area (Å²) in [6, 6.07) is 0. The van der Waals surface area contributed by atoms with Crippen LogP contribution in [-0.4, -0.2) is 17.0 Å². The Morgan fingerprint density at radius 2 is 2.08 bits per heavy atom. The predicted octanol–water partition coefficient (Wildman–Crippen LogP) is 2.17. The van der Waals surface area contributed by atoms with Crippen LogP contribution < -0.4 is 0 Å². The number of rotatable bonds is 6. The van der Waals surface area contributed by atoms with Crippen molar-refractivity contribution in [3.8, 4) is 0 Å². The number of ketones is 1. The van der Waals surface area contributed by atoms with Gasteiger partial charge in [-0.2, -0.15) is 0 Å². The van der Waals surface area contributed by atoms with Crippen LogP contribution in [0.2, 0.25) is 0 Å². The van der Waals surface area contributed by atoms with Crippen LogP contribution in [0.1, 0.15) is 33.6 Å². The summed E-state index contributed by atoms with van der Waals surface area (Å²) in [6.07, 6.45) is 2.55. The Hall–Kier alpha value is -0.630. The third kappa shape index (κ3) is 4.23. The number of allylic oxidation sites excluding steroid dienone is 1. The lowest BCUT2D eigenvalue weighted by atomic mass is 9.89. The van der Waals surface area contributed by atoms with Gasteiger partial charge in [0.15, 0.2) is 5.78 Å². The molecule has 0 fully saturated rings. The van der Waals surface area contributed by atoms with E-state index < -0.39 is 0 Å². The number of carbonyl (C=O) groups excluding carboxylic acids is 1. The molecule has 0 saturated heterocycles. The highest BCUT2D eigenvalue weighted by atomic mass is 16.3. The molecule has 0 saturated carbocycles. The molecular formula is C11H20O2. The monoisotopic (exact) mass is 184 g/mol. The van der Waals surface area contributed by atoms with Gasteiger partial charge in [0.1, 0.15) is 0 Å². The second kappa shape index (κ2) is 5.92. The van der Waals surface area contributed by atoms with E-state index in [1.54, 1.807) is 0 Å². The lowest BCUT2D eigenvalue weighted by Crippen LogP contribution is -2.21. The quantitative estimate of drug-likeness (QED) is 0.642. The normalized spacial score (nSPS) is 17.5. The number of aliphatic hydroxyl groups is 1. The minimum atomic E-state index is -0.292. The number of hydrogen-bond acceptors (Lipinski definition) is 2. The third-order valence-electron chi connectivity index (χ3n) is 2.49. The van der Waals surface area contributed by atoms with Crippen molar-refractivity contribution in [2.45, 2.75) is 39.7 Å².